The van der Waals surface area contributed by atoms with E-state index in [9.17, 15) is 14.4 Å². The topological polar surface area (TPSA) is 157 Å². The van der Waals surface area contributed by atoms with Crippen LogP contribution in [0.5, 0.6) is 0 Å². The molecule has 0 radical (unpaired) electrons. The molecule has 0 saturated carbocycles. The lowest BCUT2D eigenvalue weighted by Gasteiger charge is -2.40. The quantitative estimate of drug-likeness (QED) is 0.218. The molecule has 45 heavy (non-hydrogen) atoms. The Balaban J connectivity index is 1.68. The predicted molar refractivity (Wildman–Crippen MR) is 168 cm³/mol. The van der Waals surface area contributed by atoms with Crippen LogP contribution in [0.2, 0.25) is 10.0 Å². The maximum absolute atomic E-state index is 15.4. The number of esters is 1. The van der Waals surface area contributed by atoms with Crippen molar-refractivity contribution >= 4 is 58.0 Å². The molecule has 2 aromatic heterocycles. The second-order valence-corrected chi connectivity index (χ2v) is 11.4. The first-order valence-corrected chi connectivity index (χ1v) is 14.9. The van der Waals surface area contributed by atoms with Crippen molar-refractivity contribution < 1.29 is 23.5 Å². The number of benzene rings is 2. The number of piperidine rings is 1. The summed E-state index contributed by atoms with van der Waals surface area (Å²) >= 11 is 12.2. The molecule has 0 unspecified atom stereocenters. The van der Waals surface area contributed by atoms with E-state index >= 15 is 4.39 Å². The molecular formula is C30H31Cl2FN8O4. The normalized spacial score (nSPS) is 14.4. The van der Waals surface area contributed by atoms with Gasteiger partial charge in [-0.2, -0.15) is 0 Å². The third-order valence-corrected chi connectivity index (χ3v) is 8.16. The van der Waals surface area contributed by atoms with Crippen LogP contribution in [0.1, 0.15) is 25.6 Å². The van der Waals surface area contributed by atoms with Gasteiger partial charge in [-0.25, -0.2) is 19.3 Å². The van der Waals surface area contributed by atoms with Crippen molar-refractivity contribution in [2.24, 2.45) is 5.73 Å². The molecule has 0 bridgehead atoms. The number of hydrogen-bond donors (Lipinski definition) is 3. The average molecular weight is 658 g/mol. The minimum absolute atomic E-state index is 0.136. The number of nitrogens with one attached hydrogen (secondary N) is 2. The van der Waals surface area contributed by atoms with E-state index < -0.39 is 29.1 Å². The molecule has 2 aromatic carbocycles. The van der Waals surface area contributed by atoms with Crippen molar-refractivity contribution in [1.29, 1.82) is 0 Å². The predicted octanol–water partition coefficient (Wildman–Crippen LogP) is 3.19. The number of rotatable bonds is 10. The highest BCUT2D eigenvalue weighted by Crippen LogP contribution is 2.36. The molecule has 15 heteroatoms. The Morgan fingerprint density at radius 2 is 1.73 bits per heavy atom. The van der Waals surface area contributed by atoms with E-state index in [0.717, 1.165) is 0 Å². The number of aromatic nitrogens is 4. The van der Waals surface area contributed by atoms with Crippen LogP contribution in [0.25, 0.3) is 28.2 Å². The van der Waals surface area contributed by atoms with Crippen molar-refractivity contribution in [2.45, 2.75) is 31.7 Å². The summed E-state index contributed by atoms with van der Waals surface area (Å²) in [5.74, 6) is -1.40. The minimum Gasteiger partial charge on any atom is -0.468 e. The molecule has 2 amide bonds. The molecule has 0 spiro atoms. The summed E-state index contributed by atoms with van der Waals surface area (Å²) in [7, 11) is 1.22. The first kappa shape index (κ1) is 32.1. The zero-order chi connectivity index (χ0) is 32.3. The smallest absolute Gasteiger partial charge is 0.325 e. The molecule has 1 saturated heterocycles. The molecule has 4 N–H and O–H groups in total. The van der Waals surface area contributed by atoms with Crippen LogP contribution in [0.15, 0.2) is 42.5 Å². The molecule has 5 rings (SSSR count). The molecule has 1 aliphatic heterocycles. The summed E-state index contributed by atoms with van der Waals surface area (Å²) in [6.45, 7) is 2.91. The molecule has 1 aliphatic rings. The number of halogens is 3. The number of primary amides is 1. The van der Waals surface area contributed by atoms with E-state index in [4.69, 9.17) is 43.9 Å². The largest absolute Gasteiger partial charge is 0.468 e. The number of imidazole rings is 1. The number of carbonyl (C=O) groups is 3. The van der Waals surface area contributed by atoms with Gasteiger partial charge in [0, 0.05) is 28.8 Å². The lowest BCUT2D eigenvalue weighted by Crippen LogP contribution is -2.61. The first-order valence-electron chi connectivity index (χ1n) is 14.2. The van der Waals surface area contributed by atoms with E-state index in [1.807, 2.05) is 11.8 Å². The Morgan fingerprint density at radius 3 is 2.36 bits per heavy atom. The number of nitrogens with two attached hydrogens (primary N) is 1. The molecule has 3 heterocycles. The Kier molecular flexibility index (Phi) is 9.51. The SMILES string of the molecule is CCNC1(C(N)=O)CCN(c2nc(CC(=O)NCC(=O)OC)nc3c2nc(-c2ccc(Cl)cc2F)n3-c2ccc(Cl)cc2)CC1. The number of likely N-dealkylation sites (N-methyl/N-ethyl adjacent to an activating group) is 1. The van der Waals surface area contributed by atoms with Crippen molar-refractivity contribution in [3.63, 3.8) is 0 Å². The third kappa shape index (κ3) is 6.70. The fourth-order valence-corrected chi connectivity index (χ4v) is 5.66. The standard InChI is InChI=1S/C30H31Cl2FN8O4/c1-3-36-30(29(34)44)10-12-40(13-11-30)27-25-28(38-22(37-27)15-23(42)35-16-24(43)45-2)41(19-7-4-17(31)5-8-19)26(39-25)20-9-6-18(32)14-21(20)33/h4-9,14,36H,3,10-13,15-16H2,1-2H3,(H2,34,44)(H,35,42). The number of anilines is 1. The number of carbonyl (C=O) groups excluding carboxylic acids is 3. The summed E-state index contributed by atoms with van der Waals surface area (Å²) < 4.78 is 21.7. The number of nitrogens with zero attached hydrogens (tertiary/aromatic N) is 5. The Morgan fingerprint density at radius 1 is 1.04 bits per heavy atom. The average Bonchev–Trinajstić information content (AvgIpc) is 3.39. The van der Waals surface area contributed by atoms with Gasteiger partial charge in [0.05, 0.1) is 19.1 Å². The summed E-state index contributed by atoms with van der Waals surface area (Å²) in [5, 5.41) is 6.45. The van der Waals surface area contributed by atoms with Gasteiger partial charge in [-0.1, -0.05) is 30.1 Å². The highest BCUT2D eigenvalue weighted by atomic mass is 35.5. The van der Waals surface area contributed by atoms with E-state index in [0.29, 0.717) is 60.2 Å². The van der Waals surface area contributed by atoms with Gasteiger partial charge in [-0.05, 0) is 61.9 Å². The van der Waals surface area contributed by atoms with E-state index in [2.05, 4.69) is 15.4 Å². The fraction of sp³-hybridized carbons (Fsp3) is 0.333. The minimum atomic E-state index is -0.881. The molecular weight excluding hydrogens is 626 g/mol. The highest BCUT2D eigenvalue weighted by molar-refractivity contribution is 6.31. The van der Waals surface area contributed by atoms with Gasteiger partial charge >= 0.3 is 5.97 Å². The van der Waals surface area contributed by atoms with Gasteiger partial charge in [0.15, 0.2) is 17.0 Å². The third-order valence-electron chi connectivity index (χ3n) is 7.67. The van der Waals surface area contributed by atoms with Crippen LogP contribution in [0, 0.1) is 5.82 Å². The van der Waals surface area contributed by atoms with Gasteiger partial charge in [0.1, 0.15) is 29.5 Å². The van der Waals surface area contributed by atoms with E-state index in [1.165, 1.54) is 19.2 Å². The molecule has 0 aliphatic carbocycles. The molecule has 4 aromatic rings. The Labute approximate surface area is 268 Å². The Hall–Kier alpha value is -4.33. The van der Waals surface area contributed by atoms with Crippen LogP contribution in [-0.2, 0) is 25.5 Å². The lowest BCUT2D eigenvalue weighted by molar-refractivity contribution is -0.141. The van der Waals surface area contributed by atoms with Crippen molar-refractivity contribution in [3.05, 3.63) is 64.2 Å². The maximum atomic E-state index is 15.4. The van der Waals surface area contributed by atoms with Gasteiger partial charge < -0.3 is 26.0 Å². The van der Waals surface area contributed by atoms with Crippen molar-refractivity contribution in [2.75, 3.05) is 38.2 Å². The summed E-state index contributed by atoms with van der Waals surface area (Å²) in [6.07, 6.45) is 0.521. The summed E-state index contributed by atoms with van der Waals surface area (Å²) in [4.78, 5) is 53.1. The number of fused-ring (bicyclic) bond motifs is 1. The number of amides is 2. The lowest BCUT2D eigenvalue weighted by atomic mass is 9.86. The fourth-order valence-electron chi connectivity index (χ4n) is 5.37. The number of ether oxygens (including phenoxy) is 1. The van der Waals surface area contributed by atoms with Crippen LogP contribution < -0.4 is 21.3 Å². The zero-order valence-electron chi connectivity index (χ0n) is 24.6. The highest BCUT2D eigenvalue weighted by Gasteiger charge is 2.40. The summed E-state index contributed by atoms with van der Waals surface area (Å²) in [5.41, 5.74) is 6.31. The van der Waals surface area contributed by atoms with Crippen LogP contribution >= 0.6 is 23.2 Å². The van der Waals surface area contributed by atoms with Crippen LogP contribution in [0.4, 0.5) is 10.2 Å². The Bertz CT molecular complexity index is 1760. The van der Waals surface area contributed by atoms with Gasteiger partial charge in [0.2, 0.25) is 11.8 Å². The second-order valence-electron chi connectivity index (χ2n) is 10.5. The van der Waals surface area contributed by atoms with Crippen LogP contribution in [0.3, 0.4) is 0 Å². The van der Waals surface area contributed by atoms with Crippen molar-refractivity contribution in [1.82, 2.24) is 30.2 Å². The maximum Gasteiger partial charge on any atom is 0.325 e. The van der Waals surface area contributed by atoms with Crippen molar-refractivity contribution in [3.8, 4) is 17.1 Å². The zero-order valence-corrected chi connectivity index (χ0v) is 26.1. The second kappa shape index (κ2) is 13.3. The first-order chi connectivity index (χ1) is 21.5. The van der Waals surface area contributed by atoms with E-state index in [-0.39, 0.29) is 35.2 Å². The number of hydrogen-bond acceptors (Lipinski definition) is 9. The number of methoxy groups -OCH3 is 1. The molecule has 0 atom stereocenters. The van der Waals surface area contributed by atoms with Gasteiger partial charge in [0.25, 0.3) is 0 Å². The molecule has 12 nitrogen and oxygen atoms in total. The monoisotopic (exact) mass is 656 g/mol. The van der Waals surface area contributed by atoms with E-state index in [1.54, 1.807) is 34.9 Å². The van der Waals surface area contributed by atoms with Gasteiger partial charge in [-0.3, -0.25) is 19.0 Å². The molecule has 236 valence electrons. The molecule has 1 fully saturated rings. The van der Waals surface area contributed by atoms with Crippen LogP contribution in [-0.4, -0.2) is 76.1 Å². The summed E-state index contributed by atoms with van der Waals surface area (Å²) in [6, 6.07) is 11.1. The van der Waals surface area contributed by atoms with Gasteiger partial charge in [-0.15, -0.1) is 0 Å².